The molecule has 1 aliphatic carbocycles. The van der Waals surface area contributed by atoms with E-state index in [9.17, 15) is 14.0 Å². The number of amides is 2. The van der Waals surface area contributed by atoms with Crippen LogP contribution in [0.4, 0.5) is 10.1 Å². The molecule has 1 heterocycles. The summed E-state index contributed by atoms with van der Waals surface area (Å²) in [5, 5.41) is 3.13. The average Bonchev–Trinajstić information content (AvgIpc) is 3.43. The van der Waals surface area contributed by atoms with E-state index in [0.29, 0.717) is 22.7 Å². The molecule has 1 fully saturated rings. The van der Waals surface area contributed by atoms with E-state index in [1.54, 1.807) is 18.2 Å². The van der Waals surface area contributed by atoms with E-state index in [-0.39, 0.29) is 17.6 Å². The van der Waals surface area contributed by atoms with Gasteiger partial charge in [0.2, 0.25) is 5.91 Å². The first kappa shape index (κ1) is 24.6. The molecular formula is C25H27FN4O4S. The second-order valence-corrected chi connectivity index (χ2v) is 8.86. The van der Waals surface area contributed by atoms with Crippen LogP contribution >= 0.6 is 11.7 Å². The highest BCUT2D eigenvalue weighted by molar-refractivity contribution is 6.99. The smallest absolute Gasteiger partial charge is 0.280 e. The van der Waals surface area contributed by atoms with Crippen molar-refractivity contribution in [2.24, 2.45) is 0 Å². The molecule has 1 N–H and O–H groups in total. The Hall–Kier alpha value is -3.53. The molecule has 0 aliphatic heterocycles. The molecule has 184 valence electrons. The minimum absolute atomic E-state index is 0.0185. The minimum Gasteiger partial charge on any atom is -0.493 e. The average molecular weight is 499 g/mol. The van der Waals surface area contributed by atoms with Crippen molar-refractivity contribution < 1.29 is 23.5 Å². The Kier molecular flexibility index (Phi) is 7.91. The predicted octanol–water partition coefficient (Wildman–Crippen LogP) is 4.53. The number of ether oxygens (including phenoxy) is 2. The third-order valence-corrected chi connectivity index (χ3v) is 6.56. The molecule has 1 aromatic heterocycles. The zero-order valence-corrected chi connectivity index (χ0v) is 20.4. The third kappa shape index (κ3) is 5.59. The first-order valence-electron chi connectivity index (χ1n) is 11.4. The molecule has 0 saturated heterocycles. The first-order valence-corrected chi connectivity index (χ1v) is 12.1. The fourth-order valence-electron chi connectivity index (χ4n) is 4.34. The molecule has 35 heavy (non-hydrogen) atoms. The Morgan fingerprint density at radius 1 is 1.06 bits per heavy atom. The molecule has 0 spiro atoms. The van der Waals surface area contributed by atoms with Crippen LogP contribution in [0.1, 0.15) is 54.2 Å². The summed E-state index contributed by atoms with van der Waals surface area (Å²) < 4.78 is 32.6. The van der Waals surface area contributed by atoms with E-state index >= 15 is 0 Å². The SMILES string of the molecule is COc1ccc([C@@H](C(=O)NC2CCCCC2)N(C(=O)c2cnsn2)c2ccc(F)cc2)cc1OC. The van der Waals surface area contributed by atoms with Gasteiger partial charge in [0.1, 0.15) is 11.9 Å². The van der Waals surface area contributed by atoms with Crippen LogP contribution in [-0.4, -0.2) is 40.8 Å². The summed E-state index contributed by atoms with van der Waals surface area (Å²) >= 11 is 0.894. The van der Waals surface area contributed by atoms with Gasteiger partial charge in [0, 0.05) is 11.7 Å². The highest BCUT2D eigenvalue weighted by Gasteiger charge is 2.36. The van der Waals surface area contributed by atoms with Gasteiger partial charge in [0.25, 0.3) is 5.91 Å². The van der Waals surface area contributed by atoms with Gasteiger partial charge in [-0.15, -0.1) is 0 Å². The lowest BCUT2D eigenvalue weighted by Gasteiger charge is -2.33. The van der Waals surface area contributed by atoms with Gasteiger partial charge in [0.05, 0.1) is 32.1 Å². The predicted molar refractivity (Wildman–Crippen MR) is 130 cm³/mol. The monoisotopic (exact) mass is 498 g/mol. The number of aromatic nitrogens is 2. The van der Waals surface area contributed by atoms with Gasteiger partial charge in [-0.05, 0) is 54.8 Å². The maximum atomic E-state index is 13.8. The summed E-state index contributed by atoms with van der Waals surface area (Å²) in [5.74, 6) is -0.409. The van der Waals surface area contributed by atoms with E-state index in [4.69, 9.17) is 9.47 Å². The fraction of sp³-hybridized carbons (Fsp3) is 0.360. The molecule has 4 rings (SSSR count). The number of halogens is 1. The van der Waals surface area contributed by atoms with E-state index in [0.717, 1.165) is 43.8 Å². The molecular weight excluding hydrogens is 471 g/mol. The lowest BCUT2D eigenvalue weighted by Crippen LogP contribution is -2.47. The molecule has 2 aromatic carbocycles. The van der Waals surface area contributed by atoms with Crippen molar-refractivity contribution in [2.75, 3.05) is 19.1 Å². The molecule has 1 aliphatic rings. The van der Waals surface area contributed by atoms with Gasteiger partial charge in [-0.2, -0.15) is 8.75 Å². The number of hydrogen-bond donors (Lipinski definition) is 1. The number of benzene rings is 2. The largest absolute Gasteiger partial charge is 0.493 e. The van der Waals surface area contributed by atoms with Crippen molar-refractivity contribution in [1.82, 2.24) is 14.1 Å². The fourth-order valence-corrected chi connectivity index (χ4v) is 4.74. The second kappa shape index (κ2) is 11.3. The molecule has 1 atom stereocenters. The Morgan fingerprint density at radius 2 is 1.77 bits per heavy atom. The molecule has 0 radical (unpaired) electrons. The van der Waals surface area contributed by atoms with Crippen molar-refractivity contribution >= 4 is 29.2 Å². The maximum Gasteiger partial charge on any atom is 0.280 e. The number of nitrogens with zero attached hydrogens (tertiary/aromatic N) is 3. The van der Waals surface area contributed by atoms with Crippen molar-refractivity contribution in [3.63, 3.8) is 0 Å². The Bertz CT molecular complexity index is 1150. The van der Waals surface area contributed by atoms with Crippen LogP contribution in [0.2, 0.25) is 0 Å². The van der Waals surface area contributed by atoms with Gasteiger partial charge < -0.3 is 14.8 Å². The quantitative estimate of drug-likeness (QED) is 0.490. The molecule has 2 amide bonds. The number of carbonyl (C=O) groups excluding carboxylic acids is 2. The zero-order chi connectivity index (χ0) is 24.8. The topological polar surface area (TPSA) is 93.7 Å². The number of methoxy groups -OCH3 is 2. The molecule has 8 nitrogen and oxygen atoms in total. The third-order valence-electron chi connectivity index (χ3n) is 6.09. The van der Waals surface area contributed by atoms with Crippen molar-refractivity contribution in [3.05, 3.63) is 65.7 Å². The number of nitrogens with one attached hydrogen (secondary N) is 1. The van der Waals surface area contributed by atoms with Crippen LogP contribution in [0.25, 0.3) is 0 Å². The van der Waals surface area contributed by atoms with Crippen LogP contribution in [0.15, 0.2) is 48.7 Å². The minimum atomic E-state index is -1.07. The zero-order valence-electron chi connectivity index (χ0n) is 19.6. The lowest BCUT2D eigenvalue weighted by atomic mass is 9.94. The van der Waals surface area contributed by atoms with Gasteiger partial charge in [0.15, 0.2) is 17.2 Å². The normalized spacial score (nSPS) is 14.7. The van der Waals surface area contributed by atoms with Crippen molar-refractivity contribution in [3.8, 4) is 11.5 Å². The summed E-state index contributed by atoms with van der Waals surface area (Å²) in [5.41, 5.74) is 0.954. The summed E-state index contributed by atoms with van der Waals surface area (Å²) in [6.45, 7) is 0. The van der Waals surface area contributed by atoms with Crippen LogP contribution in [0.5, 0.6) is 11.5 Å². The van der Waals surface area contributed by atoms with E-state index in [2.05, 4.69) is 14.1 Å². The van der Waals surface area contributed by atoms with Crippen LogP contribution in [0, 0.1) is 5.82 Å². The number of rotatable bonds is 8. The number of anilines is 1. The van der Waals surface area contributed by atoms with Crippen LogP contribution < -0.4 is 19.7 Å². The van der Waals surface area contributed by atoms with Crippen molar-refractivity contribution in [2.45, 2.75) is 44.2 Å². The Morgan fingerprint density at radius 3 is 2.40 bits per heavy atom. The molecule has 3 aromatic rings. The summed E-state index contributed by atoms with van der Waals surface area (Å²) in [4.78, 5) is 28.8. The van der Waals surface area contributed by atoms with Crippen LogP contribution in [0.3, 0.4) is 0 Å². The highest BCUT2D eigenvalue weighted by Crippen LogP contribution is 2.35. The van der Waals surface area contributed by atoms with E-state index in [1.165, 1.54) is 49.6 Å². The number of hydrogen-bond acceptors (Lipinski definition) is 7. The summed E-state index contributed by atoms with van der Waals surface area (Å²) in [6.07, 6.45) is 6.33. The Labute approximate surface area is 207 Å². The van der Waals surface area contributed by atoms with E-state index < -0.39 is 17.8 Å². The Balaban J connectivity index is 1.82. The molecule has 0 unspecified atom stereocenters. The van der Waals surface area contributed by atoms with E-state index in [1.807, 2.05) is 0 Å². The molecule has 1 saturated carbocycles. The second-order valence-electron chi connectivity index (χ2n) is 8.30. The van der Waals surface area contributed by atoms with Crippen LogP contribution in [-0.2, 0) is 4.79 Å². The lowest BCUT2D eigenvalue weighted by molar-refractivity contribution is -0.123. The summed E-state index contributed by atoms with van der Waals surface area (Å²) in [7, 11) is 3.02. The highest BCUT2D eigenvalue weighted by atomic mass is 32.1. The van der Waals surface area contributed by atoms with Crippen molar-refractivity contribution in [1.29, 1.82) is 0 Å². The first-order chi connectivity index (χ1) is 17.0. The molecule has 0 bridgehead atoms. The molecule has 10 heteroatoms. The maximum absolute atomic E-state index is 13.8. The van der Waals surface area contributed by atoms with Gasteiger partial charge in [-0.1, -0.05) is 25.3 Å². The van der Waals surface area contributed by atoms with Gasteiger partial charge in [-0.25, -0.2) is 4.39 Å². The summed E-state index contributed by atoms with van der Waals surface area (Å²) in [6, 6.07) is 9.46. The standard InChI is InChI=1S/C25H27FN4O4S/c1-33-21-13-8-16(14-22(21)34-2)23(24(31)28-18-6-4-3-5-7-18)30(19-11-9-17(26)10-12-19)25(32)20-15-27-35-29-20/h8-15,18,23H,3-7H2,1-2H3,(H,28,31)/t23-/m0/s1. The van der Waals surface area contributed by atoms with Gasteiger partial charge in [-0.3, -0.25) is 14.5 Å². The number of carbonyl (C=O) groups is 2. The van der Waals surface area contributed by atoms with Gasteiger partial charge >= 0.3 is 0 Å².